The van der Waals surface area contributed by atoms with E-state index in [1.807, 2.05) is 6.07 Å². The predicted octanol–water partition coefficient (Wildman–Crippen LogP) is 1.79. The monoisotopic (exact) mass is 389 g/mol. The summed E-state index contributed by atoms with van der Waals surface area (Å²) in [6.45, 7) is 12.0. The molecule has 0 amide bonds. The van der Waals surface area contributed by atoms with E-state index in [4.69, 9.17) is 14.1 Å². The van der Waals surface area contributed by atoms with Crippen LogP contribution in [0.1, 0.15) is 38.0 Å². The van der Waals surface area contributed by atoms with Crippen LogP contribution in [0.5, 0.6) is 0 Å². The van der Waals surface area contributed by atoms with Crippen LogP contribution in [0.25, 0.3) is 0 Å². The Balaban J connectivity index is 1.42. The average Bonchev–Trinajstić information content (AvgIpc) is 3.51. The number of hydrogen-bond acceptors (Lipinski definition) is 5. The Bertz CT molecular complexity index is 608. The molecular formula is C21H35N5O2. The predicted molar refractivity (Wildman–Crippen MR) is 111 cm³/mol. The van der Waals surface area contributed by atoms with Crippen LogP contribution >= 0.6 is 0 Å². The zero-order valence-corrected chi connectivity index (χ0v) is 17.2. The maximum Gasteiger partial charge on any atom is 0.194 e. The molecule has 3 aliphatic rings. The van der Waals surface area contributed by atoms with E-state index in [0.717, 1.165) is 77.3 Å². The molecule has 3 aliphatic heterocycles. The number of nitrogens with one attached hydrogen (secondary N) is 1. The van der Waals surface area contributed by atoms with Gasteiger partial charge in [0.05, 0.1) is 32.1 Å². The fourth-order valence-electron chi connectivity index (χ4n) is 4.69. The van der Waals surface area contributed by atoms with Crippen LogP contribution in [0, 0.1) is 0 Å². The zero-order chi connectivity index (χ0) is 19.2. The minimum Gasteiger partial charge on any atom is -0.468 e. The minimum absolute atomic E-state index is 0.240. The summed E-state index contributed by atoms with van der Waals surface area (Å²) in [5, 5.41) is 3.52. The molecule has 2 atom stereocenters. The maximum absolute atomic E-state index is 5.76. The van der Waals surface area contributed by atoms with Gasteiger partial charge in [0.1, 0.15) is 5.76 Å². The fraction of sp³-hybridized carbons (Fsp3) is 0.762. The van der Waals surface area contributed by atoms with Crippen molar-refractivity contribution < 1.29 is 9.15 Å². The van der Waals surface area contributed by atoms with Gasteiger partial charge in [0, 0.05) is 38.8 Å². The molecule has 1 N–H and O–H groups in total. The Kier molecular flexibility index (Phi) is 6.88. The van der Waals surface area contributed by atoms with Crippen molar-refractivity contribution in [3.63, 3.8) is 0 Å². The van der Waals surface area contributed by atoms with Gasteiger partial charge in [-0.2, -0.15) is 0 Å². The van der Waals surface area contributed by atoms with Gasteiger partial charge >= 0.3 is 0 Å². The van der Waals surface area contributed by atoms with Gasteiger partial charge in [-0.3, -0.25) is 14.8 Å². The molecule has 0 aromatic carbocycles. The molecule has 0 spiro atoms. The third kappa shape index (κ3) is 4.70. The second-order valence-electron chi connectivity index (χ2n) is 8.01. The minimum atomic E-state index is 0.240. The molecule has 4 heterocycles. The van der Waals surface area contributed by atoms with Crippen molar-refractivity contribution in [3.8, 4) is 0 Å². The molecule has 156 valence electrons. The summed E-state index contributed by atoms with van der Waals surface area (Å²) in [7, 11) is 0. The Hall–Kier alpha value is -1.57. The summed E-state index contributed by atoms with van der Waals surface area (Å²) in [6.07, 6.45) is 5.53. The lowest BCUT2D eigenvalue weighted by Gasteiger charge is -2.32. The van der Waals surface area contributed by atoms with Crippen molar-refractivity contribution in [1.29, 1.82) is 0 Å². The topological polar surface area (TPSA) is 56.5 Å². The van der Waals surface area contributed by atoms with E-state index in [1.165, 1.54) is 19.3 Å². The van der Waals surface area contributed by atoms with E-state index in [1.54, 1.807) is 6.26 Å². The summed E-state index contributed by atoms with van der Waals surface area (Å²) in [5.74, 6) is 2.09. The largest absolute Gasteiger partial charge is 0.468 e. The smallest absolute Gasteiger partial charge is 0.194 e. The molecule has 0 radical (unpaired) electrons. The molecule has 2 unspecified atom stereocenters. The molecule has 1 aromatic rings. The second kappa shape index (κ2) is 9.76. The van der Waals surface area contributed by atoms with Gasteiger partial charge < -0.3 is 19.4 Å². The number of hydrogen-bond donors (Lipinski definition) is 1. The average molecular weight is 390 g/mol. The van der Waals surface area contributed by atoms with Crippen LogP contribution in [-0.2, 0) is 4.74 Å². The summed E-state index contributed by atoms with van der Waals surface area (Å²) < 4.78 is 11.3. The standard InChI is InChI=1S/C21H35N5O2/c1-2-22-21(26-10-7-18(17-26)24-11-14-27-15-12-24)23-16-19(20-6-5-13-28-20)25-8-3-4-9-25/h5-6,13,18-19H,2-4,7-12,14-17H2,1H3,(H,22,23). The molecule has 3 saturated heterocycles. The number of nitrogens with zero attached hydrogens (tertiary/aromatic N) is 4. The van der Waals surface area contributed by atoms with Gasteiger partial charge in [-0.1, -0.05) is 0 Å². The van der Waals surface area contributed by atoms with Gasteiger partial charge in [0.25, 0.3) is 0 Å². The van der Waals surface area contributed by atoms with Gasteiger partial charge in [-0.15, -0.1) is 0 Å². The highest BCUT2D eigenvalue weighted by Gasteiger charge is 2.31. The number of likely N-dealkylation sites (tertiary alicyclic amines) is 2. The van der Waals surface area contributed by atoms with Crippen LogP contribution in [0.15, 0.2) is 27.8 Å². The van der Waals surface area contributed by atoms with Gasteiger partial charge in [0.2, 0.25) is 0 Å². The lowest BCUT2D eigenvalue weighted by Crippen LogP contribution is -2.46. The summed E-state index contributed by atoms with van der Waals surface area (Å²) in [4.78, 5) is 12.6. The quantitative estimate of drug-likeness (QED) is 0.591. The van der Waals surface area contributed by atoms with Crippen molar-refractivity contribution in [2.45, 2.75) is 38.3 Å². The molecule has 0 aliphatic carbocycles. The second-order valence-corrected chi connectivity index (χ2v) is 8.01. The van der Waals surface area contributed by atoms with Crippen molar-refractivity contribution >= 4 is 5.96 Å². The molecule has 4 rings (SSSR count). The van der Waals surface area contributed by atoms with Crippen molar-refractivity contribution in [3.05, 3.63) is 24.2 Å². The highest BCUT2D eigenvalue weighted by atomic mass is 16.5. The highest BCUT2D eigenvalue weighted by molar-refractivity contribution is 5.80. The van der Waals surface area contributed by atoms with E-state index in [2.05, 4.69) is 33.0 Å². The normalized spacial score (nSPS) is 26.1. The van der Waals surface area contributed by atoms with Crippen molar-refractivity contribution in [2.75, 3.05) is 65.6 Å². The lowest BCUT2D eigenvalue weighted by molar-refractivity contribution is 0.0195. The first-order valence-corrected chi connectivity index (χ1v) is 11.0. The molecule has 28 heavy (non-hydrogen) atoms. The SMILES string of the molecule is CCNC(=NCC(c1ccco1)N1CCCC1)N1CCC(N2CCOCC2)C1. The summed E-state index contributed by atoms with van der Waals surface area (Å²) in [6, 6.07) is 4.94. The molecule has 1 aromatic heterocycles. The van der Waals surface area contributed by atoms with Gasteiger partial charge in [0.15, 0.2) is 5.96 Å². The fourth-order valence-corrected chi connectivity index (χ4v) is 4.69. The molecule has 0 bridgehead atoms. The lowest BCUT2D eigenvalue weighted by atomic mass is 10.2. The Morgan fingerprint density at radius 1 is 1.21 bits per heavy atom. The zero-order valence-electron chi connectivity index (χ0n) is 17.2. The first-order valence-electron chi connectivity index (χ1n) is 11.0. The third-order valence-corrected chi connectivity index (χ3v) is 6.23. The third-order valence-electron chi connectivity index (χ3n) is 6.23. The van der Waals surface area contributed by atoms with E-state index in [-0.39, 0.29) is 6.04 Å². The van der Waals surface area contributed by atoms with Crippen LogP contribution < -0.4 is 5.32 Å². The number of ether oxygens (including phenoxy) is 1. The molecule has 7 heteroatoms. The first-order chi connectivity index (χ1) is 13.8. The van der Waals surface area contributed by atoms with Crippen molar-refractivity contribution in [2.24, 2.45) is 4.99 Å². The first kappa shape index (κ1) is 19.7. The van der Waals surface area contributed by atoms with E-state index in [9.17, 15) is 0 Å². The van der Waals surface area contributed by atoms with Crippen LogP contribution in [-0.4, -0.2) is 92.3 Å². The van der Waals surface area contributed by atoms with E-state index >= 15 is 0 Å². The van der Waals surface area contributed by atoms with E-state index in [0.29, 0.717) is 6.04 Å². The number of furan rings is 1. The van der Waals surface area contributed by atoms with Crippen molar-refractivity contribution in [1.82, 2.24) is 20.0 Å². The molecule has 3 fully saturated rings. The number of guanidine groups is 1. The van der Waals surface area contributed by atoms with Crippen LogP contribution in [0.3, 0.4) is 0 Å². The number of rotatable bonds is 6. The van der Waals surface area contributed by atoms with Gasteiger partial charge in [-0.05, 0) is 51.4 Å². The number of morpholine rings is 1. The Morgan fingerprint density at radius 2 is 2.04 bits per heavy atom. The Labute approximate surface area is 168 Å². The molecule has 7 nitrogen and oxygen atoms in total. The van der Waals surface area contributed by atoms with E-state index < -0.39 is 0 Å². The molecule has 0 saturated carbocycles. The molecular weight excluding hydrogens is 354 g/mol. The summed E-state index contributed by atoms with van der Waals surface area (Å²) >= 11 is 0. The maximum atomic E-state index is 5.76. The van der Waals surface area contributed by atoms with Crippen LogP contribution in [0.4, 0.5) is 0 Å². The summed E-state index contributed by atoms with van der Waals surface area (Å²) in [5.41, 5.74) is 0. The number of aliphatic imine (C=N–C) groups is 1. The Morgan fingerprint density at radius 3 is 2.75 bits per heavy atom. The van der Waals surface area contributed by atoms with Crippen LogP contribution in [0.2, 0.25) is 0 Å². The highest BCUT2D eigenvalue weighted by Crippen LogP contribution is 2.26. The van der Waals surface area contributed by atoms with Gasteiger partial charge in [-0.25, -0.2) is 0 Å².